The Hall–Kier alpha value is -2.63. The lowest BCUT2D eigenvalue weighted by molar-refractivity contribution is -0.118. The molecular formula is C15H15N3O6S2. The number of nitrogens with one attached hydrogen (secondary N) is 2. The molecule has 9 nitrogen and oxygen atoms in total. The minimum atomic E-state index is -3.91. The van der Waals surface area contributed by atoms with E-state index >= 15 is 0 Å². The second-order valence-corrected chi connectivity index (χ2v) is 8.90. The molecule has 3 rings (SSSR count). The molecule has 0 bridgehead atoms. The van der Waals surface area contributed by atoms with E-state index in [-0.39, 0.29) is 34.5 Å². The van der Waals surface area contributed by atoms with Gasteiger partial charge in [-0.2, -0.15) is 0 Å². The summed E-state index contributed by atoms with van der Waals surface area (Å²) < 4.78 is 54.7. The van der Waals surface area contributed by atoms with Gasteiger partial charge in [0.2, 0.25) is 10.0 Å². The summed E-state index contributed by atoms with van der Waals surface area (Å²) in [6, 6.07) is 9.89. The van der Waals surface area contributed by atoms with Crippen LogP contribution in [0, 0.1) is 0 Å². The van der Waals surface area contributed by atoms with Crippen molar-refractivity contribution in [1.29, 1.82) is 0 Å². The number of ether oxygens (including phenoxy) is 1. The maximum absolute atomic E-state index is 12.5. The summed E-state index contributed by atoms with van der Waals surface area (Å²) in [4.78, 5) is 11.3. The van der Waals surface area contributed by atoms with E-state index in [2.05, 4.69) is 10.0 Å². The van der Waals surface area contributed by atoms with Gasteiger partial charge in [-0.3, -0.25) is 9.52 Å². The smallest absolute Gasteiger partial charge is 0.262 e. The Labute approximate surface area is 150 Å². The van der Waals surface area contributed by atoms with E-state index in [0.717, 1.165) is 0 Å². The molecule has 1 aliphatic heterocycles. The first-order chi connectivity index (χ1) is 12.1. The number of rotatable bonds is 5. The first-order valence-electron chi connectivity index (χ1n) is 7.31. The average Bonchev–Trinajstić information content (AvgIpc) is 2.54. The molecule has 1 heterocycles. The zero-order chi connectivity index (χ0) is 18.9. The van der Waals surface area contributed by atoms with Crippen LogP contribution >= 0.6 is 0 Å². The van der Waals surface area contributed by atoms with Gasteiger partial charge in [0.1, 0.15) is 5.75 Å². The SMILES string of the molecule is NS(=O)(=O)Cc1ccc(NS(=O)(=O)c2ccc3c(c2)NC(=O)CO3)cc1. The number of hydrogen-bond acceptors (Lipinski definition) is 6. The number of benzene rings is 2. The molecule has 2 aromatic carbocycles. The lowest BCUT2D eigenvalue weighted by Crippen LogP contribution is -2.25. The molecule has 138 valence electrons. The molecule has 11 heteroatoms. The van der Waals surface area contributed by atoms with Gasteiger partial charge in [0.05, 0.1) is 16.3 Å². The summed E-state index contributed by atoms with van der Waals surface area (Å²) in [6.07, 6.45) is 0. The summed E-state index contributed by atoms with van der Waals surface area (Å²) >= 11 is 0. The van der Waals surface area contributed by atoms with E-state index < -0.39 is 20.0 Å². The van der Waals surface area contributed by atoms with Gasteiger partial charge in [-0.05, 0) is 35.9 Å². The van der Waals surface area contributed by atoms with Gasteiger partial charge in [-0.15, -0.1) is 0 Å². The van der Waals surface area contributed by atoms with Crippen LogP contribution in [0.15, 0.2) is 47.4 Å². The van der Waals surface area contributed by atoms with Crippen molar-refractivity contribution in [2.45, 2.75) is 10.6 Å². The molecule has 0 fully saturated rings. The maximum atomic E-state index is 12.5. The van der Waals surface area contributed by atoms with Gasteiger partial charge >= 0.3 is 0 Å². The molecule has 2 aromatic rings. The van der Waals surface area contributed by atoms with Gasteiger partial charge in [0.15, 0.2) is 6.61 Å². The van der Waals surface area contributed by atoms with E-state index in [1.807, 2.05) is 0 Å². The van der Waals surface area contributed by atoms with Gasteiger partial charge < -0.3 is 10.1 Å². The first-order valence-corrected chi connectivity index (χ1v) is 10.5. The van der Waals surface area contributed by atoms with Gasteiger partial charge in [-0.1, -0.05) is 12.1 Å². The van der Waals surface area contributed by atoms with Crippen LogP contribution in [0.25, 0.3) is 0 Å². The van der Waals surface area contributed by atoms with Crippen molar-refractivity contribution in [2.75, 3.05) is 16.6 Å². The third kappa shape index (κ3) is 4.31. The van der Waals surface area contributed by atoms with Gasteiger partial charge in [0.25, 0.3) is 15.9 Å². The van der Waals surface area contributed by atoms with E-state index in [1.54, 1.807) is 0 Å². The average molecular weight is 397 g/mol. The number of nitrogens with two attached hydrogens (primary N) is 1. The largest absolute Gasteiger partial charge is 0.482 e. The number of hydrogen-bond donors (Lipinski definition) is 3. The number of carbonyl (C=O) groups excluding carboxylic acids is 1. The highest BCUT2D eigenvalue weighted by molar-refractivity contribution is 7.92. The fourth-order valence-corrected chi connectivity index (χ4v) is 4.09. The Bertz CT molecular complexity index is 1060. The molecule has 0 aliphatic carbocycles. The molecule has 26 heavy (non-hydrogen) atoms. The van der Waals surface area contributed by atoms with Crippen LogP contribution in [0.2, 0.25) is 0 Å². The predicted octanol–water partition coefficient (Wildman–Crippen LogP) is 0.607. The fourth-order valence-electron chi connectivity index (χ4n) is 2.34. The molecule has 0 atom stereocenters. The molecule has 1 amide bonds. The van der Waals surface area contributed by atoms with E-state index in [9.17, 15) is 21.6 Å². The van der Waals surface area contributed by atoms with Gasteiger partial charge in [0, 0.05) is 5.69 Å². The van der Waals surface area contributed by atoms with Crippen LogP contribution in [0.3, 0.4) is 0 Å². The summed E-state index contributed by atoms with van der Waals surface area (Å²) in [7, 11) is -7.58. The monoisotopic (exact) mass is 397 g/mol. The molecule has 0 saturated carbocycles. The molecule has 0 spiro atoms. The normalized spacial score (nSPS) is 14.1. The highest BCUT2D eigenvalue weighted by Gasteiger charge is 2.21. The lowest BCUT2D eigenvalue weighted by atomic mass is 10.2. The molecule has 0 saturated heterocycles. The van der Waals surface area contributed by atoms with E-state index in [0.29, 0.717) is 11.3 Å². The highest BCUT2D eigenvalue weighted by atomic mass is 32.2. The number of anilines is 2. The summed E-state index contributed by atoms with van der Waals surface area (Å²) in [5.41, 5.74) is 0.956. The molecule has 0 radical (unpaired) electrons. The minimum absolute atomic E-state index is 0.0596. The highest BCUT2D eigenvalue weighted by Crippen LogP contribution is 2.30. The Morgan fingerprint density at radius 3 is 2.42 bits per heavy atom. The predicted molar refractivity (Wildman–Crippen MR) is 94.6 cm³/mol. The van der Waals surface area contributed by atoms with Crippen LogP contribution in [-0.2, 0) is 30.6 Å². The zero-order valence-electron chi connectivity index (χ0n) is 13.3. The van der Waals surface area contributed by atoms with E-state index in [1.165, 1.54) is 42.5 Å². The maximum Gasteiger partial charge on any atom is 0.262 e. The zero-order valence-corrected chi connectivity index (χ0v) is 14.9. The Morgan fingerprint density at radius 1 is 1.08 bits per heavy atom. The van der Waals surface area contributed by atoms with Crippen molar-refractivity contribution < 1.29 is 26.4 Å². The molecule has 0 unspecified atom stereocenters. The third-order valence-electron chi connectivity index (χ3n) is 3.47. The van der Waals surface area contributed by atoms with E-state index in [4.69, 9.17) is 9.88 Å². The van der Waals surface area contributed by atoms with Crippen molar-refractivity contribution in [3.63, 3.8) is 0 Å². The van der Waals surface area contributed by atoms with Crippen molar-refractivity contribution in [2.24, 2.45) is 5.14 Å². The lowest BCUT2D eigenvalue weighted by Gasteiger charge is -2.18. The van der Waals surface area contributed by atoms with Crippen molar-refractivity contribution in [3.05, 3.63) is 48.0 Å². The minimum Gasteiger partial charge on any atom is -0.482 e. The summed E-state index contributed by atoms with van der Waals surface area (Å²) in [5, 5.41) is 7.51. The second-order valence-electron chi connectivity index (χ2n) is 5.60. The van der Waals surface area contributed by atoms with Crippen LogP contribution in [0.1, 0.15) is 5.56 Å². The topological polar surface area (TPSA) is 145 Å². The van der Waals surface area contributed by atoms with Crippen molar-refractivity contribution in [1.82, 2.24) is 0 Å². The quantitative estimate of drug-likeness (QED) is 0.674. The van der Waals surface area contributed by atoms with Crippen LogP contribution < -0.4 is 19.9 Å². The Kier molecular flexibility index (Phi) is 4.61. The number of primary sulfonamides is 1. The molecular weight excluding hydrogens is 382 g/mol. The van der Waals surface area contributed by atoms with Crippen molar-refractivity contribution in [3.8, 4) is 5.75 Å². The number of amides is 1. The van der Waals surface area contributed by atoms with Crippen LogP contribution in [0.4, 0.5) is 11.4 Å². The second kappa shape index (κ2) is 6.59. The summed E-state index contributed by atoms with van der Waals surface area (Å²) in [6.45, 7) is -0.123. The third-order valence-corrected chi connectivity index (χ3v) is 5.58. The van der Waals surface area contributed by atoms with Crippen LogP contribution in [-0.4, -0.2) is 29.3 Å². The molecule has 4 N–H and O–H groups in total. The summed E-state index contributed by atoms with van der Waals surface area (Å²) in [5.74, 6) is -0.328. The molecule has 1 aliphatic rings. The number of sulfonamides is 2. The first kappa shape index (κ1) is 18.2. The Balaban J connectivity index is 1.81. The van der Waals surface area contributed by atoms with Gasteiger partial charge in [-0.25, -0.2) is 22.0 Å². The Morgan fingerprint density at radius 2 is 1.77 bits per heavy atom. The number of fused-ring (bicyclic) bond motifs is 1. The van der Waals surface area contributed by atoms with Crippen molar-refractivity contribution >= 4 is 37.3 Å². The number of carbonyl (C=O) groups is 1. The van der Waals surface area contributed by atoms with Crippen LogP contribution in [0.5, 0.6) is 5.75 Å². The standard InChI is InChI=1S/C15H15N3O6S2/c16-25(20,21)9-10-1-3-11(4-2-10)18-26(22,23)12-5-6-14-13(7-12)17-15(19)8-24-14/h1-7,18H,8-9H2,(H,17,19)(H2,16,20,21). The molecule has 0 aromatic heterocycles. The fraction of sp³-hybridized carbons (Fsp3) is 0.133.